The Kier molecular flexibility index (Phi) is 13.1. The molecule has 2 rings (SSSR count). The number of hydrazone groups is 1. The number of hydrogen-bond acceptors (Lipinski definition) is 2. The summed E-state index contributed by atoms with van der Waals surface area (Å²) < 4.78 is 15.0. The first-order chi connectivity index (χ1) is 13.7. The third-order valence-electron chi connectivity index (χ3n) is 4.67. The fourth-order valence-electron chi connectivity index (χ4n) is 2.96. The van der Waals surface area contributed by atoms with E-state index in [0.717, 1.165) is 18.5 Å². The number of aryl methyl sites for hydroxylation is 1. The van der Waals surface area contributed by atoms with Crippen molar-refractivity contribution in [3.8, 4) is 0 Å². The van der Waals surface area contributed by atoms with Crippen LogP contribution in [0.3, 0.4) is 0 Å². The molecule has 1 N–H and O–H groups in total. The summed E-state index contributed by atoms with van der Waals surface area (Å²) in [5, 5.41) is 3.91. The Hall–Kier alpha value is -1.83. The second kappa shape index (κ2) is 15.1. The van der Waals surface area contributed by atoms with Crippen LogP contribution in [0.4, 0.5) is 4.39 Å². The van der Waals surface area contributed by atoms with Gasteiger partial charge >= 0.3 is 0 Å². The van der Waals surface area contributed by atoms with Gasteiger partial charge in [0.1, 0.15) is 12.4 Å². The Morgan fingerprint density at radius 1 is 0.966 bits per heavy atom. The summed E-state index contributed by atoms with van der Waals surface area (Å²) in [6, 6.07) is 9.50. The molecule has 29 heavy (non-hydrogen) atoms. The van der Waals surface area contributed by atoms with Crippen LogP contribution in [-0.4, -0.2) is 12.1 Å². The van der Waals surface area contributed by atoms with Crippen LogP contribution in [0.1, 0.15) is 74.2 Å². The fraction of sp³-hybridized carbons (Fsp3) is 0.435. The van der Waals surface area contributed by atoms with E-state index in [4.69, 9.17) is 0 Å². The van der Waals surface area contributed by atoms with Gasteiger partial charge in [-0.25, -0.2) is 14.4 Å². The zero-order valence-corrected chi connectivity index (χ0v) is 19.3. The molecule has 0 unspecified atom stereocenters. The van der Waals surface area contributed by atoms with Crippen molar-refractivity contribution >= 4 is 12.1 Å². The van der Waals surface area contributed by atoms with Gasteiger partial charge in [-0.3, -0.25) is 4.79 Å². The molecule has 0 radical (unpaired) electrons. The fourth-order valence-corrected chi connectivity index (χ4v) is 2.96. The minimum Gasteiger partial charge on any atom is -1.00 e. The molecule has 0 saturated carbocycles. The van der Waals surface area contributed by atoms with Crippen LogP contribution < -0.4 is 34.0 Å². The molecule has 6 heteroatoms. The number of hydrogen-bond donors (Lipinski definition) is 1. The number of benzene rings is 1. The van der Waals surface area contributed by atoms with Crippen LogP contribution >= 0.6 is 0 Å². The third kappa shape index (κ3) is 10.5. The van der Waals surface area contributed by atoms with Gasteiger partial charge in [-0.15, -0.1) is 0 Å². The smallest absolute Gasteiger partial charge is 0.271 e. The summed E-state index contributed by atoms with van der Waals surface area (Å²) >= 11 is 0. The van der Waals surface area contributed by atoms with E-state index in [0.29, 0.717) is 5.56 Å². The van der Waals surface area contributed by atoms with E-state index < -0.39 is 0 Å². The predicted octanol–water partition coefficient (Wildman–Crippen LogP) is 2.02. The number of carbonyl (C=O) groups is 1. The number of unbranched alkanes of at least 4 members (excludes halogenated alkanes) is 7. The van der Waals surface area contributed by atoms with Crippen LogP contribution in [0.25, 0.3) is 0 Å². The van der Waals surface area contributed by atoms with E-state index in [1.54, 1.807) is 24.3 Å². The number of carbonyl (C=O) groups excluding carboxylic acids is 1. The summed E-state index contributed by atoms with van der Waals surface area (Å²) in [6.07, 6.45) is 15.8. The topological polar surface area (TPSA) is 45.3 Å². The van der Waals surface area contributed by atoms with Crippen molar-refractivity contribution < 1.29 is 37.7 Å². The lowest BCUT2D eigenvalue weighted by Crippen LogP contribution is -3.00. The molecule has 0 saturated heterocycles. The summed E-state index contributed by atoms with van der Waals surface area (Å²) in [7, 11) is 0. The lowest BCUT2D eigenvalue weighted by Gasteiger charge is -2.01. The second-order valence-corrected chi connectivity index (χ2v) is 7.05. The zero-order valence-electron chi connectivity index (χ0n) is 17.1. The first-order valence-electron chi connectivity index (χ1n) is 10.3. The van der Waals surface area contributed by atoms with Gasteiger partial charge in [0.25, 0.3) is 5.91 Å². The van der Waals surface area contributed by atoms with Gasteiger partial charge in [0.15, 0.2) is 12.4 Å². The standard InChI is InChI=1S/C23H30FN3O.HI/c1-2-3-4-5-6-7-8-9-16-27-17-14-21(15-18-27)23(28)26-25-19-20-10-12-22(24)13-11-20;/h10-15,17-19H,2-9,16H2,1H3;1H. The van der Waals surface area contributed by atoms with Gasteiger partial charge in [-0.1, -0.05) is 57.6 Å². The van der Waals surface area contributed by atoms with Crippen molar-refractivity contribution in [2.75, 3.05) is 0 Å². The molecule has 4 nitrogen and oxygen atoms in total. The monoisotopic (exact) mass is 511 g/mol. The van der Waals surface area contributed by atoms with E-state index in [2.05, 4.69) is 22.0 Å². The normalized spacial score (nSPS) is 10.7. The third-order valence-corrected chi connectivity index (χ3v) is 4.67. The highest BCUT2D eigenvalue weighted by molar-refractivity contribution is 5.94. The molecular formula is C23H31FIN3O. The Bertz CT molecular complexity index is 733. The molecule has 1 aromatic heterocycles. The first-order valence-corrected chi connectivity index (χ1v) is 10.3. The molecule has 0 spiro atoms. The number of amides is 1. The molecule has 1 heterocycles. The highest BCUT2D eigenvalue weighted by Crippen LogP contribution is 2.08. The number of nitrogens with one attached hydrogen (secondary N) is 1. The molecule has 0 aliphatic rings. The van der Waals surface area contributed by atoms with Gasteiger partial charge in [-0.05, 0) is 24.1 Å². The molecule has 1 amide bonds. The second-order valence-electron chi connectivity index (χ2n) is 7.05. The molecule has 0 aliphatic carbocycles. The summed E-state index contributed by atoms with van der Waals surface area (Å²) in [6.45, 7) is 3.22. The average molecular weight is 511 g/mol. The molecule has 2 aromatic rings. The maximum atomic E-state index is 12.8. The maximum Gasteiger partial charge on any atom is 0.271 e. The predicted molar refractivity (Wildman–Crippen MR) is 111 cm³/mol. The van der Waals surface area contributed by atoms with E-state index >= 15 is 0 Å². The van der Waals surface area contributed by atoms with Crippen LogP contribution in [-0.2, 0) is 6.54 Å². The zero-order chi connectivity index (χ0) is 20.0. The van der Waals surface area contributed by atoms with E-state index in [1.807, 2.05) is 12.4 Å². The molecule has 1 aromatic carbocycles. The number of halogens is 2. The van der Waals surface area contributed by atoms with E-state index in [9.17, 15) is 9.18 Å². The van der Waals surface area contributed by atoms with Gasteiger partial charge in [0.2, 0.25) is 0 Å². The molecule has 158 valence electrons. The summed E-state index contributed by atoms with van der Waals surface area (Å²) in [5.74, 6) is -0.566. The maximum absolute atomic E-state index is 12.8. The lowest BCUT2D eigenvalue weighted by atomic mass is 10.1. The van der Waals surface area contributed by atoms with Crippen molar-refractivity contribution in [3.05, 3.63) is 65.7 Å². The van der Waals surface area contributed by atoms with Gasteiger partial charge < -0.3 is 24.0 Å². The van der Waals surface area contributed by atoms with Crippen molar-refractivity contribution in [1.29, 1.82) is 0 Å². The summed E-state index contributed by atoms with van der Waals surface area (Å²) in [4.78, 5) is 12.1. The Morgan fingerprint density at radius 3 is 2.17 bits per heavy atom. The van der Waals surface area contributed by atoms with Crippen molar-refractivity contribution in [1.82, 2.24) is 5.43 Å². The van der Waals surface area contributed by atoms with Crippen LogP contribution in [0.2, 0.25) is 0 Å². The van der Waals surface area contributed by atoms with Crippen molar-refractivity contribution in [3.63, 3.8) is 0 Å². The average Bonchev–Trinajstić information content (AvgIpc) is 2.72. The minimum absolute atomic E-state index is 0. The Morgan fingerprint density at radius 2 is 1.55 bits per heavy atom. The van der Waals surface area contributed by atoms with Crippen molar-refractivity contribution in [2.45, 2.75) is 64.8 Å². The molecule has 0 aliphatic heterocycles. The largest absolute Gasteiger partial charge is 1.00 e. The van der Waals surface area contributed by atoms with Crippen LogP contribution in [0, 0.1) is 5.82 Å². The minimum atomic E-state index is -0.300. The highest BCUT2D eigenvalue weighted by Gasteiger charge is 2.07. The van der Waals surface area contributed by atoms with Crippen molar-refractivity contribution in [2.24, 2.45) is 5.10 Å². The van der Waals surface area contributed by atoms with E-state index in [1.165, 1.54) is 63.3 Å². The molecule has 0 fully saturated rings. The number of pyridine rings is 1. The lowest BCUT2D eigenvalue weighted by molar-refractivity contribution is -0.697. The Balaban J connectivity index is 0.00000420. The number of rotatable bonds is 12. The summed E-state index contributed by atoms with van der Waals surface area (Å²) in [5.41, 5.74) is 3.77. The Labute approximate surface area is 190 Å². The molecular weight excluding hydrogens is 480 g/mol. The molecule has 0 bridgehead atoms. The van der Waals surface area contributed by atoms with Gasteiger partial charge in [0.05, 0.1) is 11.8 Å². The van der Waals surface area contributed by atoms with Gasteiger partial charge in [-0.2, -0.15) is 5.10 Å². The van der Waals surface area contributed by atoms with Gasteiger partial charge in [0, 0.05) is 18.6 Å². The number of aromatic nitrogens is 1. The van der Waals surface area contributed by atoms with E-state index in [-0.39, 0.29) is 35.7 Å². The quantitative estimate of drug-likeness (QED) is 0.153. The molecule has 0 atom stereocenters. The van der Waals surface area contributed by atoms with Crippen LogP contribution in [0.15, 0.2) is 53.9 Å². The van der Waals surface area contributed by atoms with Crippen LogP contribution in [0.5, 0.6) is 0 Å². The SMILES string of the molecule is CCCCCCCCCC[n+]1ccc(C(=O)NN=Cc2ccc(F)cc2)cc1.[I-]. The highest BCUT2D eigenvalue weighted by atomic mass is 127. The first kappa shape index (κ1) is 25.2. The number of nitrogens with zero attached hydrogens (tertiary/aromatic N) is 2.